The third-order valence-corrected chi connectivity index (χ3v) is 1.42. The summed E-state index contributed by atoms with van der Waals surface area (Å²) >= 11 is 0. The van der Waals surface area contributed by atoms with Crippen LogP contribution in [-0.2, 0) is 6.18 Å². The normalized spacial score (nSPS) is 12.7. The molecule has 1 N–H and O–H groups in total. The molecular weight excluding hydrogens is 207 g/mol. The van der Waals surface area contributed by atoms with Crippen molar-refractivity contribution in [3.05, 3.63) is 18.2 Å². The lowest BCUT2D eigenvalue weighted by molar-refractivity contribution is -0.144. The molecule has 1 aromatic heterocycles. The maximum atomic E-state index is 12.1. The number of rotatable bonds is 1. The fourth-order valence-electron chi connectivity index (χ4n) is 0.972. The Balaban J connectivity index is 2.82. The summed E-state index contributed by atoms with van der Waals surface area (Å²) in [7, 11) is 0. The van der Waals surface area contributed by atoms with Crippen LogP contribution in [0.15, 0.2) is 12.4 Å². The van der Waals surface area contributed by atoms with Crippen molar-refractivity contribution < 1.29 is 13.2 Å². The molecule has 1 heterocycles. The number of alkyl halides is 3. The van der Waals surface area contributed by atoms with E-state index in [9.17, 15) is 13.2 Å². The van der Waals surface area contributed by atoms with E-state index in [0.29, 0.717) is 5.69 Å². The number of aromatic nitrogens is 2. The molecule has 0 fully saturated rings. The predicted octanol–water partition coefficient (Wildman–Crippen LogP) is 2.71. The fourth-order valence-corrected chi connectivity index (χ4v) is 0.972. The van der Waals surface area contributed by atoms with Gasteiger partial charge >= 0.3 is 6.18 Å². The minimum absolute atomic E-state index is 0.233. The average Bonchev–Trinajstić information content (AvgIpc) is 2.00. The van der Waals surface area contributed by atoms with Crippen molar-refractivity contribution in [3.8, 4) is 0 Å². The molecule has 0 spiro atoms. The Bertz CT molecular complexity index is 324. The van der Waals surface area contributed by atoms with Crippen LogP contribution in [-0.4, -0.2) is 15.5 Å². The molecule has 0 amide bonds. The summed E-state index contributed by atoms with van der Waals surface area (Å²) in [6.45, 7) is 5.68. The van der Waals surface area contributed by atoms with E-state index in [0.717, 1.165) is 12.4 Å². The third-order valence-electron chi connectivity index (χ3n) is 1.42. The second kappa shape index (κ2) is 3.67. The van der Waals surface area contributed by atoms with Gasteiger partial charge in [0, 0.05) is 5.54 Å². The van der Waals surface area contributed by atoms with Gasteiger partial charge in [-0.05, 0) is 20.8 Å². The summed E-state index contributed by atoms with van der Waals surface area (Å²) in [6, 6.07) is 0. The van der Waals surface area contributed by atoms with Gasteiger partial charge in [0.25, 0.3) is 0 Å². The Morgan fingerprint density at radius 2 is 1.53 bits per heavy atom. The maximum absolute atomic E-state index is 12.1. The predicted molar refractivity (Wildman–Crippen MR) is 50.4 cm³/mol. The highest BCUT2D eigenvalue weighted by Crippen LogP contribution is 2.26. The van der Waals surface area contributed by atoms with Gasteiger partial charge in [0.15, 0.2) is 0 Å². The Labute approximate surface area is 85.7 Å². The lowest BCUT2D eigenvalue weighted by Gasteiger charge is -2.21. The average molecular weight is 219 g/mol. The zero-order valence-electron chi connectivity index (χ0n) is 8.68. The molecule has 0 saturated heterocycles. The van der Waals surface area contributed by atoms with Crippen LogP contribution < -0.4 is 5.32 Å². The van der Waals surface area contributed by atoms with Crippen LogP contribution in [0.4, 0.5) is 18.9 Å². The van der Waals surface area contributed by atoms with Gasteiger partial charge in [-0.25, -0.2) is 9.97 Å². The molecule has 3 nitrogen and oxygen atoms in total. The van der Waals surface area contributed by atoms with Crippen LogP contribution in [0.5, 0.6) is 0 Å². The molecule has 15 heavy (non-hydrogen) atoms. The van der Waals surface area contributed by atoms with Crippen LogP contribution in [0.3, 0.4) is 0 Å². The molecule has 0 aliphatic rings. The lowest BCUT2D eigenvalue weighted by atomic mass is 10.1. The summed E-state index contributed by atoms with van der Waals surface area (Å²) in [6.07, 6.45) is -2.23. The van der Waals surface area contributed by atoms with E-state index in [-0.39, 0.29) is 5.54 Å². The molecule has 1 rings (SSSR count). The molecule has 0 aliphatic carbocycles. The molecule has 0 saturated carbocycles. The molecule has 0 aromatic carbocycles. The smallest absolute Gasteiger partial charge is 0.378 e. The molecule has 84 valence electrons. The minimum Gasteiger partial charge on any atom is -0.378 e. The van der Waals surface area contributed by atoms with E-state index in [1.807, 2.05) is 20.8 Å². The summed E-state index contributed by atoms with van der Waals surface area (Å²) in [5.74, 6) is -1.12. The zero-order chi connectivity index (χ0) is 11.7. The molecule has 0 radical (unpaired) electrons. The highest BCUT2D eigenvalue weighted by atomic mass is 19.4. The van der Waals surface area contributed by atoms with Gasteiger partial charge in [0.2, 0.25) is 5.82 Å². The zero-order valence-corrected chi connectivity index (χ0v) is 8.68. The first kappa shape index (κ1) is 11.7. The van der Waals surface area contributed by atoms with Gasteiger partial charge in [0.1, 0.15) is 0 Å². The first-order valence-electron chi connectivity index (χ1n) is 4.36. The van der Waals surface area contributed by atoms with E-state index in [1.165, 1.54) is 0 Å². The van der Waals surface area contributed by atoms with Crippen LogP contribution in [0.25, 0.3) is 0 Å². The Morgan fingerprint density at radius 1 is 1.07 bits per heavy atom. The standard InChI is InChI=1S/C9H12F3N3/c1-8(2,3)15-6-4-13-7(14-5-6)9(10,11)12/h4-5,15H,1-3H3. The topological polar surface area (TPSA) is 37.8 Å². The van der Waals surface area contributed by atoms with E-state index in [4.69, 9.17) is 0 Å². The Hall–Kier alpha value is -1.33. The summed E-state index contributed by atoms with van der Waals surface area (Å²) in [5, 5.41) is 2.97. The molecule has 0 bridgehead atoms. The molecule has 0 atom stereocenters. The first-order valence-corrected chi connectivity index (χ1v) is 4.36. The summed E-state index contributed by atoms with van der Waals surface area (Å²) in [4.78, 5) is 6.47. The van der Waals surface area contributed by atoms with Crippen LogP contribution in [0, 0.1) is 0 Å². The number of nitrogens with zero attached hydrogens (tertiary/aromatic N) is 2. The fraction of sp³-hybridized carbons (Fsp3) is 0.556. The highest BCUT2D eigenvalue weighted by Gasteiger charge is 2.34. The van der Waals surface area contributed by atoms with Gasteiger partial charge in [-0.2, -0.15) is 13.2 Å². The number of nitrogens with one attached hydrogen (secondary N) is 1. The van der Waals surface area contributed by atoms with Crippen LogP contribution >= 0.6 is 0 Å². The van der Waals surface area contributed by atoms with Gasteiger partial charge in [0.05, 0.1) is 18.1 Å². The molecule has 1 aromatic rings. The molecular formula is C9H12F3N3. The number of halogens is 3. The summed E-state index contributed by atoms with van der Waals surface area (Å²) in [5.41, 5.74) is 0.235. The largest absolute Gasteiger partial charge is 0.451 e. The Kier molecular flexibility index (Phi) is 2.88. The second-order valence-electron chi connectivity index (χ2n) is 4.17. The van der Waals surface area contributed by atoms with Crippen molar-refractivity contribution in [2.75, 3.05) is 5.32 Å². The minimum atomic E-state index is -4.49. The maximum Gasteiger partial charge on any atom is 0.451 e. The van der Waals surface area contributed by atoms with Crippen molar-refractivity contribution in [3.63, 3.8) is 0 Å². The highest BCUT2D eigenvalue weighted by molar-refractivity contribution is 5.40. The van der Waals surface area contributed by atoms with Gasteiger partial charge in [-0.15, -0.1) is 0 Å². The van der Waals surface area contributed by atoms with Gasteiger partial charge in [-0.3, -0.25) is 0 Å². The van der Waals surface area contributed by atoms with Gasteiger partial charge < -0.3 is 5.32 Å². The monoisotopic (exact) mass is 219 g/mol. The van der Waals surface area contributed by atoms with Crippen molar-refractivity contribution in [1.82, 2.24) is 9.97 Å². The lowest BCUT2D eigenvalue weighted by Crippen LogP contribution is -2.26. The van der Waals surface area contributed by atoms with Crippen LogP contribution in [0.1, 0.15) is 26.6 Å². The van der Waals surface area contributed by atoms with E-state index in [1.54, 1.807) is 0 Å². The molecule has 0 aliphatic heterocycles. The van der Waals surface area contributed by atoms with Crippen molar-refractivity contribution >= 4 is 5.69 Å². The van der Waals surface area contributed by atoms with Crippen molar-refractivity contribution in [2.45, 2.75) is 32.5 Å². The number of anilines is 1. The van der Waals surface area contributed by atoms with Gasteiger partial charge in [-0.1, -0.05) is 0 Å². The Morgan fingerprint density at radius 3 is 1.87 bits per heavy atom. The van der Waals surface area contributed by atoms with Crippen molar-refractivity contribution in [1.29, 1.82) is 0 Å². The summed E-state index contributed by atoms with van der Waals surface area (Å²) < 4.78 is 36.3. The quantitative estimate of drug-likeness (QED) is 0.789. The van der Waals surface area contributed by atoms with Crippen molar-refractivity contribution in [2.24, 2.45) is 0 Å². The van der Waals surface area contributed by atoms with Crippen LogP contribution in [0.2, 0.25) is 0 Å². The number of hydrogen-bond donors (Lipinski definition) is 1. The second-order valence-corrected chi connectivity index (χ2v) is 4.17. The number of hydrogen-bond acceptors (Lipinski definition) is 3. The van der Waals surface area contributed by atoms with E-state index < -0.39 is 12.0 Å². The molecule has 0 unspecified atom stereocenters. The SMILES string of the molecule is CC(C)(C)Nc1cnc(C(F)(F)F)nc1. The molecule has 6 heteroatoms. The van der Waals surface area contributed by atoms with E-state index in [2.05, 4.69) is 15.3 Å². The van der Waals surface area contributed by atoms with E-state index >= 15 is 0 Å². The first-order chi connectivity index (χ1) is 6.68. The third kappa shape index (κ3) is 3.73.